The summed E-state index contributed by atoms with van der Waals surface area (Å²) in [5.74, 6) is 4.97. The van der Waals surface area contributed by atoms with Crippen molar-refractivity contribution in [3.63, 3.8) is 0 Å². The fourth-order valence-corrected chi connectivity index (χ4v) is 1.77. The first-order chi connectivity index (χ1) is 9.70. The number of aromatic nitrogens is 1. The molecule has 2 rings (SSSR count). The van der Waals surface area contributed by atoms with E-state index in [9.17, 15) is 9.18 Å². The number of hydrogen-bond donors (Lipinski definition) is 1. The van der Waals surface area contributed by atoms with Crippen LogP contribution in [0.25, 0.3) is 0 Å². The van der Waals surface area contributed by atoms with E-state index in [4.69, 9.17) is 5.11 Å². The van der Waals surface area contributed by atoms with E-state index in [1.807, 2.05) is 0 Å². The third-order valence-corrected chi connectivity index (χ3v) is 2.74. The average Bonchev–Trinajstić information content (AvgIpc) is 2.45. The van der Waals surface area contributed by atoms with Crippen LogP contribution in [0.1, 0.15) is 17.5 Å². The van der Waals surface area contributed by atoms with Crippen LogP contribution in [0.4, 0.5) is 4.39 Å². The lowest BCUT2D eigenvalue weighted by molar-refractivity contribution is 0.305. The Morgan fingerprint density at radius 1 is 1.25 bits per heavy atom. The Hall–Kier alpha value is -2.38. The number of halogens is 1. The van der Waals surface area contributed by atoms with Crippen LogP contribution >= 0.6 is 0 Å². The molecule has 0 saturated heterocycles. The van der Waals surface area contributed by atoms with Gasteiger partial charge in [0.1, 0.15) is 5.82 Å². The first kappa shape index (κ1) is 14.0. The minimum atomic E-state index is -0.403. The quantitative estimate of drug-likeness (QED) is 0.864. The van der Waals surface area contributed by atoms with Gasteiger partial charge < -0.3 is 9.67 Å². The molecular weight excluding hydrogens is 257 g/mol. The average molecular weight is 271 g/mol. The Balaban J connectivity index is 2.26. The number of rotatable bonds is 3. The molecule has 2 aromatic rings. The molecule has 0 aliphatic rings. The Morgan fingerprint density at radius 2 is 2.10 bits per heavy atom. The van der Waals surface area contributed by atoms with Crippen molar-refractivity contribution in [2.75, 3.05) is 6.61 Å². The zero-order valence-corrected chi connectivity index (χ0v) is 10.8. The second-order valence-corrected chi connectivity index (χ2v) is 4.26. The minimum Gasteiger partial charge on any atom is -0.395 e. The molecule has 0 aliphatic heterocycles. The van der Waals surface area contributed by atoms with Gasteiger partial charge in [-0.05, 0) is 23.8 Å². The highest BCUT2D eigenvalue weighted by molar-refractivity contribution is 5.38. The molecule has 102 valence electrons. The third-order valence-electron chi connectivity index (χ3n) is 2.74. The Kier molecular flexibility index (Phi) is 4.70. The summed E-state index contributed by atoms with van der Waals surface area (Å²) in [7, 11) is 0. The molecule has 1 aromatic heterocycles. The lowest BCUT2D eigenvalue weighted by Gasteiger charge is -2.06. The number of nitrogens with zero attached hydrogens (tertiary/aromatic N) is 1. The summed E-state index contributed by atoms with van der Waals surface area (Å²) >= 11 is 0. The number of aliphatic hydroxyl groups excluding tert-OH is 1. The van der Waals surface area contributed by atoms with Gasteiger partial charge in [0.25, 0.3) is 5.56 Å². The molecule has 1 aromatic carbocycles. The zero-order chi connectivity index (χ0) is 14.4. The summed E-state index contributed by atoms with van der Waals surface area (Å²) < 4.78 is 15.1. The van der Waals surface area contributed by atoms with Crippen LogP contribution in [0, 0.1) is 17.7 Å². The smallest absolute Gasteiger partial charge is 0.250 e. The molecule has 0 aliphatic carbocycles. The maximum atomic E-state index is 13.6. The fraction of sp³-hybridized carbons (Fsp3) is 0.188. The van der Waals surface area contributed by atoms with Crippen molar-refractivity contribution in [2.24, 2.45) is 0 Å². The molecular formula is C16H14FNO2. The van der Waals surface area contributed by atoms with Crippen molar-refractivity contribution in [3.05, 3.63) is 69.9 Å². The normalized spacial score (nSPS) is 9.90. The van der Waals surface area contributed by atoms with Gasteiger partial charge in [0.2, 0.25) is 0 Å². The maximum absolute atomic E-state index is 13.6. The zero-order valence-electron chi connectivity index (χ0n) is 10.8. The van der Waals surface area contributed by atoms with Crippen molar-refractivity contribution in [3.8, 4) is 11.8 Å². The van der Waals surface area contributed by atoms with E-state index >= 15 is 0 Å². The second kappa shape index (κ2) is 6.69. The van der Waals surface area contributed by atoms with Gasteiger partial charge >= 0.3 is 0 Å². The second-order valence-electron chi connectivity index (χ2n) is 4.26. The van der Waals surface area contributed by atoms with Gasteiger partial charge in [-0.3, -0.25) is 4.79 Å². The largest absolute Gasteiger partial charge is 0.395 e. The predicted molar refractivity (Wildman–Crippen MR) is 74.8 cm³/mol. The Bertz CT molecular complexity index is 710. The lowest BCUT2D eigenvalue weighted by Crippen LogP contribution is -2.18. The van der Waals surface area contributed by atoms with Crippen LogP contribution in [0.5, 0.6) is 0 Å². The summed E-state index contributed by atoms with van der Waals surface area (Å²) in [4.78, 5) is 11.6. The van der Waals surface area contributed by atoms with Crippen molar-refractivity contribution < 1.29 is 9.50 Å². The number of aliphatic hydroxyl groups is 1. The van der Waals surface area contributed by atoms with Crippen LogP contribution in [-0.2, 0) is 6.54 Å². The molecule has 0 spiro atoms. The molecule has 20 heavy (non-hydrogen) atoms. The van der Waals surface area contributed by atoms with E-state index in [-0.39, 0.29) is 17.7 Å². The summed E-state index contributed by atoms with van der Waals surface area (Å²) in [6.07, 6.45) is 1.99. The standard InChI is InChI=1S/C16H14FNO2/c17-15-8-7-13(11-14(15)5-2-4-10-19)12-18-9-3-1-6-16(18)20/h1,3,6-9,11,19H,4,10,12H2. The highest BCUT2D eigenvalue weighted by atomic mass is 19.1. The van der Waals surface area contributed by atoms with Crippen molar-refractivity contribution >= 4 is 0 Å². The first-order valence-corrected chi connectivity index (χ1v) is 6.24. The fourth-order valence-electron chi connectivity index (χ4n) is 1.77. The number of hydrogen-bond acceptors (Lipinski definition) is 2. The molecule has 1 heterocycles. The number of pyridine rings is 1. The Morgan fingerprint density at radius 3 is 2.85 bits per heavy atom. The molecule has 0 saturated carbocycles. The molecule has 0 atom stereocenters. The van der Waals surface area contributed by atoms with Gasteiger partial charge in [-0.15, -0.1) is 0 Å². The van der Waals surface area contributed by atoms with Gasteiger partial charge in [0.15, 0.2) is 0 Å². The van der Waals surface area contributed by atoms with Crippen molar-refractivity contribution in [1.82, 2.24) is 4.57 Å². The molecule has 0 bridgehead atoms. The molecule has 0 amide bonds. The van der Waals surface area contributed by atoms with Gasteiger partial charge in [-0.1, -0.05) is 24.0 Å². The number of benzene rings is 1. The summed E-state index contributed by atoms with van der Waals surface area (Å²) in [6, 6.07) is 9.52. The van der Waals surface area contributed by atoms with E-state index < -0.39 is 5.82 Å². The highest BCUT2D eigenvalue weighted by Gasteiger charge is 2.02. The molecule has 0 fully saturated rings. The molecule has 1 N–H and O–H groups in total. The van der Waals surface area contributed by atoms with E-state index in [2.05, 4.69) is 11.8 Å². The van der Waals surface area contributed by atoms with Crippen LogP contribution < -0.4 is 5.56 Å². The van der Waals surface area contributed by atoms with Gasteiger partial charge in [0.05, 0.1) is 18.7 Å². The third kappa shape index (κ3) is 3.56. The lowest BCUT2D eigenvalue weighted by atomic mass is 10.1. The maximum Gasteiger partial charge on any atom is 0.250 e. The van der Waals surface area contributed by atoms with Gasteiger partial charge in [-0.25, -0.2) is 4.39 Å². The first-order valence-electron chi connectivity index (χ1n) is 6.24. The summed E-state index contributed by atoms with van der Waals surface area (Å²) in [6.45, 7) is 0.322. The van der Waals surface area contributed by atoms with E-state index in [1.54, 1.807) is 30.5 Å². The van der Waals surface area contributed by atoms with Crippen LogP contribution in [0.15, 0.2) is 47.4 Å². The molecule has 3 nitrogen and oxygen atoms in total. The molecule has 0 radical (unpaired) electrons. The summed E-state index contributed by atoms with van der Waals surface area (Å²) in [5.41, 5.74) is 0.970. The van der Waals surface area contributed by atoms with E-state index in [0.29, 0.717) is 13.0 Å². The Labute approximate surface area is 116 Å². The minimum absolute atomic E-state index is 0.0479. The summed E-state index contributed by atoms with van der Waals surface area (Å²) in [5, 5.41) is 8.66. The van der Waals surface area contributed by atoms with Crippen LogP contribution in [0.3, 0.4) is 0 Å². The van der Waals surface area contributed by atoms with Crippen molar-refractivity contribution in [1.29, 1.82) is 0 Å². The van der Waals surface area contributed by atoms with Gasteiger partial charge in [-0.2, -0.15) is 0 Å². The van der Waals surface area contributed by atoms with E-state index in [0.717, 1.165) is 5.56 Å². The van der Waals surface area contributed by atoms with Gasteiger partial charge in [0, 0.05) is 18.7 Å². The SMILES string of the molecule is O=c1ccccn1Cc1ccc(F)c(C#CCCO)c1. The topological polar surface area (TPSA) is 42.2 Å². The molecule has 4 heteroatoms. The van der Waals surface area contributed by atoms with Crippen LogP contribution in [-0.4, -0.2) is 16.3 Å². The highest BCUT2D eigenvalue weighted by Crippen LogP contribution is 2.10. The molecule has 0 unspecified atom stereocenters. The van der Waals surface area contributed by atoms with Crippen LogP contribution in [0.2, 0.25) is 0 Å². The van der Waals surface area contributed by atoms with E-state index in [1.165, 1.54) is 16.7 Å². The van der Waals surface area contributed by atoms with Crippen molar-refractivity contribution in [2.45, 2.75) is 13.0 Å². The predicted octanol–water partition coefficient (Wildman–Crippen LogP) is 1.77. The monoisotopic (exact) mass is 271 g/mol.